The van der Waals surface area contributed by atoms with Gasteiger partial charge in [0.2, 0.25) is 5.88 Å². The maximum absolute atomic E-state index is 6.53. The first-order valence-corrected chi connectivity index (χ1v) is 13.4. The lowest BCUT2D eigenvalue weighted by Crippen LogP contribution is -2.15. The van der Waals surface area contributed by atoms with Gasteiger partial charge in [-0.2, -0.15) is 0 Å². The summed E-state index contributed by atoms with van der Waals surface area (Å²) in [5.74, 6) is 3.32. The summed E-state index contributed by atoms with van der Waals surface area (Å²) in [6, 6.07) is 34.8. The van der Waals surface area contributed by atoms with Crippen LogP contribution in [-0.4, -0.2) is 26.7 Å². The average Bonchev–Trinajstić information content (AvgIpc) is 3.46. The molecule has 7 heteroatoms. The summed E-state index contributed by atoms with van der Waals surface area (Å²) in [5.41, 5.74) is 3.68. The molecule has 0 saturated heterocycles. The number of methoxy groups -OCH3 is 1. The molecule has 1 aliphatic heterocycles. The number of rotatable bonds is 5. The third-order valence-corrected chi connectivity index (χ3v) is 7.69. The Morgan fingerprint density at radius 1 is 0.805 bits per heavy atom. The Labute approximate surface area is 235 Å². The van der Waals surface area contributed by atoms with Crippen molar-refractivity contribution in [3.63, 3.8) is 0 Å². The highest BCUT2D eigenvalue weighted by atomic mass is 16.5. The zero-order valence-electron chi connectivity index (χ0n) is 22.2. The van der Waals surface area contributed by atoms with Gasteiger partial charge in [0.05, 0.1) is 12.7 Å². The van der Waals surface area contributed by atoms with Crippen molar-refractivity contribution in [3.05, 3.63) is 132 Å². The molecule has 8 rings (SSSR count). The monoisotopic (exact) mass is 536 g/mol. The number of benzene rings is 5. The van der Waals surface area contributed by atoms with E-state index in [-0.39, 0.29) is 12.5 Å². The molecule has 0 N–H and O–H groups in total. The van der Waals surface area contributed by atoms with E-state index in [0.717, 1.165) is 55.5 Å². The Morgan fingerprint density at radius 3 is 2.39 bits per heavy atom. The third kappa shape index (κ3) is 3.85. The maximum Gasteiger partial charge on any atom is 0.228 e. The molecule has 3 heterocycles. The van der Waals surface area contributed by atoms with Crippen LogP contribution in [0.15, 0.2) is 109 Å². The van der Waals surface area contributed by atoms with Crippen molar-refractivity contribution in [1.82, 2.24) is 19.6 Å². The molecule has 7 nitrogen and oxygen atoms in total. The summed E-state index contributed by atoms with van der Waals surface area (Å²) >= 11 is 0. The molecular formula is C34H24N4O3. The molecule has 0 aliphatic carbocycles. The Balaban J connectivity index is 1.25. The van der Waals surface area contributed by atoms with Gasteiger partial charge in [0.1, 0.15) is 30.2 Å². The van der Waals surface area contributed by atoms with Crippen molar-refractivity contribution in [3.8, 4) is 23.1 Å². The summed E-state index contributed by atoms with van der Waals surface area (Å²) in [4.78, 5) is 9.66. The van der Waals surface area contributed by atoms with E-state index in [9.17, 15) is 0 Å². The number of fused-ring (bicyclic) bond motifs is 7. The first-order chi connectivity index (χ1) is 20.3. The molecule has 0 radical (unpaired) electrons. The molecule has 0 amide bonds. The first kappa shape index (κ1) is 23.5. The van der Waals surface area contributed by atoms with Crippen LogP contribution in [0.2, 0.25) is 0 Å². The molecule has 2 aromatic heterocycles. The lowest BCUT2D eigenvalue weighted by Gasteiger charge is -2.28. The van der Waals surface area contributed by atoms with Gasteiger partial charge in [-0.05, 0) is 34.5 Å². The van der Waals surface area contributed by atoms with Crippen molar-refractivity contribution in [2.24, 2.45) is 0 Å². The van der Waals surface area contributed by atoms with E-state index in [4.69, 9.17) is 29.3 Å². The predicted octanol–water partition coefficient (Wildman–Crippen LogP) is 7.30. The van der Waals surface area contributed by atoms with E-state index in [1.807, 2.05) is 48.5 Å². The van der Waals surface area contributed by atoms with Crippen LogP contribution >= 0.6 is 0 Å². The Hall–Kier alpha value is -5.43. The standard InChI is InChI=1S/C34H24N4O3/c1-39-24-16-13-23(14-17-24)30-27-18-15-22-8-3-5-11-26(22)32(27)41-34-31(30)33-36-29(37-38(33)20-35-34)19-40-28-12-6-9-21-7-2-4-10-25(21)28/h2-18,20,30H,19H2,1H3/t30-/m1/s1. The number of aromatic nitrogens is 4. The molecule has 1 aliphatic rings. The van der Waals surface area contributed by atoms with E-state index < -0.39 is 0 Å². The Kier molecular flexibility index (Phi) is 5.35. The van der Waals surface area contributed by atoms with Gasteiger partial charge in [-0.15, -0.1) is 5.10 Å². The largest absolute Gasteiger partial charge is 0.497 e. The van der Waals surface area contributed by atoms with Crippen LogP contribution in [0.3, 0.4) is 0 Å². The van der Waals surface area contributed by atoms with E-state index in [2.05, 4.69) is 54.6 Å². The minimum absolute atomic E-state index is 0.170. The molecule has 198 valence electrons. The zero-order chi connectivity index (χ0) is 27.3. The Morgan fingerprint density at radius 2 is 1.56 bits per heavy atom. The summed E-state index contributed by atoms with van der Waals surface area (Å²) in [7, 11) is 1.67. The van der Waals surface area contributed by atoms with Crippen molar-refractivity contribution >= 4 is 27.2 Å². The fourth-order valence-corrected chi connectivity index (χ4v) is 5.76. The van der Waals surface area contributed by atoms with Crippen LogP contribution in [0.25, 0.3) is 27.2 Å². The normalized spacial score (nSPS) is 14.0. The van der Waals surface area contributed by atoms with Gasteiger partial charge in [-0.25, -0.2) is 14.5 Å². The van der Waals surface area contributed by atoms with E-state index in [0.29, 0.717) is 17.4 Å². The highest BCUT2D eigenvalue weighted by molar-refractivity contribution is 5.91. The molecule has 41 heavy (non-hydrogen) atoms. The third-order valence-electron chi connectivity index (χ3n) is 7.69. The summed E-state index contributed by atoms with van der Waals surface area (Å²) in [6.45, 7) is 0.222. The van der Waals surface area contributed by atoms with Crippen LogP contribution in [0, 0.1) is 0 Å². The minimum atomic E-state index is -0.170. The summed E-state index contributed by atoms with van der Waals surface area (Å²) in [6.07, 6.45) is 1.66. The minimum Gasteiger partial charge on any atom is -0.497 e. The zero-order valence-corrected chi connectivity index (χ0v) is 22.2. The van der Waals surface area contributed by atoms with Gasteiger partial charge in [-0.3, -0.25) is 0 Å². The molecule has 5 aromatic carbocycles. The van der Waals surface area contributed by atoms with Crippen LogP contribution in [0.4, 0.5) is 0 Å². The summed E-state index contributed by atoms with van der Waals surface area (Å²) < 4.78 is 19.9. The van der Waals surface area contributed by atoms with Crippen LogP contribution in [0.5, 0.6) is 23.1 Å². The number of hydrogen-bond donors (Lipinski definition) is 0. The van der Waals surface area contributed by atoms with E-state index in [1.165, 1.54) is 0 Å². The van der Waals surface area contributed by atoms with Crippen LogP contribution < -0.4 is 14.2 Å². The molecule has 7 aromatic rings. The fraction of sp³-hybridized carbons (Fsp3) is 0.0882. The van der Waals surface area contributed by atoms with Gasteiger partial charge >= 0.3 is 0 Å². The fourth-order valence-electron chi connectivity index (χ4n) is 5.76. The Bertz CT molecular complexity index is 2080. The molecule has 0 bridgehead atoms. The number of ether oxygens (including phenoxy) is 3. The highest BCUT2D eigenvalue weighted by Gasteiger charge is 2.34. The van der Waals surface area contributed by atoms with Crippen LogP contribution in [-0.2, 0) is 6.61 Å². The molecule has 0 fully saturated rings. The van der Waals surface area contributed by atoms with Crippen molar-refractivity contribution in [2.45, 2.75) is 12.5 Å². The second kappa shape index (κ2) is 9.34. The quantitative estimate of drug-likeness (QED) is 0.230. The molecule has 0 saturated carbocycles. The van der Waals surface area contributed by atoms with Gasteiger partial charge in [0.15, 0.2) is 11.5 Å². The first-order valence-electron chi connectivity index (χ1n) is 13.4. The van der Waals surface area contributed by atoms with Gasteiger partial charge in [0.25, 0.3) is 0 Å². The molecule has 0 unspecified atom stereocenters. The molecular weight excluding hydrogens is 512 g/mol. The number of nitrogens with zero attached hydrogens (tertiary/aromatic N) is 4. The number of hydrogen-bond acceptors (Lipinski definition) is 6. The van der Waals surface area contributed by atoms with Gasteiger partial charge < -0.3 is 14.2 Å². The van der Waals surface area contributed by atoms with E-state index in [1.54, 1.807) is 18.0 Å². The lowest BCUT2D eigenvalue weighted by atomic mass is 9.83. The van der Waals surface area contributed by atoms with Crippen molar-refractivity contribution < 1.29 is 14.2 Å². The smallest absolute Gasteiger partial charge is 0.228 e. The van der Waals surface area contributed by atoms with Gasteiger partial charge in [0, 0.05) is 22.3 Å². The van der Waals surface area contributed by atoms with Gasteiger partial charge in [-0.1, -0.05) is 84.9 Å². The lowest BCUT2D eigenvalue weighted by molar-refractivity contribution is 0.299. The predicted molar refractivity (Wildman–Crippen MR) is 157 cm³/mol. The topological polar surface area (TPSA) is 70.8 Å². The summed E-state index contributed by atoms with van der Waals surface area (Å²) in [5, 5.41) is 9.05. The molecule has 0 spiro atoms. The second-order valence-electron chi connectivity index (χ2n) is 10.0. The van der Waals surface area contributed by atoms with Crippen molar-refractivity contribution in [1.29, 1.82) is 0 Å². The highest BCUT2D eigenvalue weighted by Crippen LogP contribution is 2.50. The van der Waals surface area contributed by atoms with E-state index >= 15 is 0 Å². The average molecular weight is 537 g/mol. The molecule has 1 atom stereocenters. The van der Waals surface area contributed by atoms with Crippen molar-refractivity contribution in [2.75, 3.05) is 7.11 Å². The van der Waals surface area contributed by atoms with Crippen LogP contribution in [0.1, 0.15) is 28.4 Å². The SMILES string of the molecule is COc1ccc([C@@H]2c3ccc4ccccc4c3Oc3ncn4nc(COc5cccc6ccccc56)nc4c32)cc1. The second-order valence-corrected chi connectivity index (χ2v) is 10.0. The maximum atomic E-state index is 6.53.